The minimum atomic E-state index is -2.60. The Hall–Kier alpha value is -5.44. The van der Waals surface area contributed by atoms with Gasteiger partial charge in [-0.25, -0.2) is 0 Å². The number of aryl methyl sites for hydroxylation is 1. The van der Waals surface area contributed by atoms with Gasteiger partial charge in [0.05, 0.1) is 0 Å². The standard InChI is InChI=1S/C46H41NSi/c1-2-3-16-37-25-29-40(30-26-37)47(41-31-27-39(28-32-41)38-17-8-4-9-18-38)42-33-35-46(36-34-42)48(43-19-10-5-11-20-43,44-21-12-6-13-22-44)45-23-14-7-15-24-45/h4-15,17-36H,2-3,16H2,1H3. The first-order valence-electron chi connectivity index (χ1n) is 17.1. The van der Waals surface area contributed by atoms with Gasteiger partial charge in [-0.2, -0.15) is 0 Å². The number of rotatable bonds is 11. The van der Waals surface area contributed by atoms with Gasteiger partial charge in [-0.15, -0.1) is 0 Å². The van der Waals surface area contributed by atoms with Crippen LogP contribution in [0.5, 0.6) is 0 Å². The fraction of sp³-hybridized carbons (Fsp3) is 0.0870. The van der Waals surface area contributed by atoms with E-state index in [1.54, 1.807) is 0 Å². The lowest BCUT2D eigenvalue weighted by Crippen LogP contribution is -2.74. The molecule has 2 heteroatoms. The molecule has 234 valence electrons. The van der Waals surface area contributed by atoms with Gasteiger partial charge in [-0.05, 0) is 86.7 Å². The number of benzene rings is 7. The number of hydrogen-bond donors (Lipinski definition) is 0. The van der Waals surface area contributed by atoms with Crippen LogP contribution in [0.1, 0.15) is 25.3 Å². The van der Waals surface area contributed by atoms with Gasteiger partial charge < -0.3 is 4.90 Å². The number of anilines is 3. The minimum Gasteiger partial charge on any atom is -0.311 e. The third-order valence-electron chi connectivity index (χ3n) is 9.43. The van der Waals surface area contributed by atoms with Crippen molar-refractivity contribution in [1.82, 2.24) is 0 Å². The van der Waals surface area contributed by atoms with E-state index in [2.05, 4.69) is 206 Å². The van der Waals surface area contributed by atoms with E-state index in [0.29, 0.717) is 0 Å². The zero-order valence-corrected chi connectivity index (χ0v) is 28.5. The van der Waals surface area contributed by atoms with Crippen molar-refractivity contribution >= 4 is 45.9 Å². The first kappa shape index (κ1) is 31.2. The summed E-state index contributed by atoms with van der Waals surface area (Å²) in [5.41, 5.74) is 7.28. The highest BCUT2D eigenvalue weighted by Gasteiger charge is 2.41. The van der Waals surface area contributed by atoms with Crippen molar-refractivity contribution in [1.29, 1.82) is 0 Å². The van der Waals surface area contributed by atoms with Gasteiger partial charge in [0.2, 0.25) is 0 Å². The molecule has 0 heterocycles. The van der Waals surface area contributed by atoms with Crippen LogP contribution in [0.2, 0.25) is 0 Å². The Balaban J connectivity index is 1.36. The van der Waals surface area contributed by atoms with Gasteiger partial charge in [-0.3, -0.25) is 0 Å². The van der Waals surface area contributed by atoms with Crippen molar-refractivity contribution in [2.75, 3.05) is 4.90 Å². The van der Waals surface area contributed by atoms with Crippen LogP contribution >= 0.6 is 0 Å². The first-order chi connectivity index (χ1) is 23.8. The molecule has 0 saturated carbocycles. The number of nitrogens with zero attached hydrogens (tertiary/aromatic N) is 1. The van der Waals surface area contributed by atoms with E-state index in [9.17, 15) is 0 Å². The summed E-state index contributed by atoms with van der Waals surface area (Å²) >= 11 is 0. The normalized spacial score (nSPS) is 11.3. The number of unbranched alkanes of at least 4 members (excludes halogenated alkanes) is 1. The Bertz CT molecular complexity index is 1910. The molecule has 0 saturated heterocycles. The molecular weight excluding hydrogens is 595 g/mol. The summed E-state index contributed by atoms with van der Waals surface area (Å²) in [7, 11) is -2.60. The lowest BCUT2D eigenvalue weighted by molar-refractivity contribution is 0.795. The maximum atomic E-state index is 2.39. The van der Waals surface area contributed by atoms with Crippen LogP contribution in [0, 0.1) is 0 Å². The monoisotopic (exact) mass is 635 g/mol. The van der Waals surface area contributed by atoms with Crippen molar-refractivity contribution in [3.05, 3.63) is 200 Å². The van der Waals surface area contributed by atoms with E-state index in [4.69, 9.17) is 0 Å². The molecule has 0 amide bonds. The smallest absolute Gasteiger partial charge is 0.179 e. The maximum absolute atomic E-state index is 2.60. The van der Waals surface area contributed by atoms with E-state index >= 15 is 0 Å². The Kier molecular flexibility index (Phi) is 9.44. The number of hydrogen-bond acceptors (Lipinski definition) is 1. The highest BCUT2D eigenvalue weighted by Crippen LogP contribution is 2.35. The van der Waals surface area contributed by atoms with Gasteiger partial charge in [-0.1, -0.05) is 171 Å². The largest absolute Gasteiger partial charge is 0.311 e. The van der Waals surface area contributed by atoms with Gasteiger partial charge in [0.1, 0.15) is 0 Å². The summed E-state index contributed by atoms with van der Waals surface area (Å²) < 4.78 is 0. The summed E-state index contributed by atoms with van der Waals surface area (Å²) in [6.45, 7) is 2.25. The van der Waals surface area contributed by atoms with Crippen LogP contribution in [0.15, 0.2) is 194 Å². The predicted octanol–water partition coefficient (Wildman–Crippen LogP) is 9.54. The van der Waals surface area contributed by atoms with Crippen LogP contribution in [0.4, 0.5) is 17.1 Å². The van der Waals surface area contributed by atoms with E-state index in [-0.39, 0.29) is 0 Å². The molecule has 0 spiro atoms. The van der Waals surface area contributed by atoms with Gasteiger partial charge in [0.25, 0.3) is 0 Å². The highest BCUT2D eigenvalue weighted by atomic mass is 28.3. The summed E-state index contributed by atoms with van der Waals surface area (Å²) in [6, 6.07) is 71.5. The van der Waals surface area contributed by atoms with Crippen LogP contribution in [-0.2, 0) is 6.42 Å². The van der Waals surface area contributed by atoms with E-state index in [1.807, 2.05) is 0 Å². The van der Waals surface area contributed by atoms with Gasteiger partial charge in [0, 0.05) is 17.1 Å². The van der Waals surface area contributed by atoms with Crippen LogP contribution in [-0.4, -0.2) is 8.07 Å². The fourth-order valence-corrected chi connectivity index (χ4v) is 11.7. The van der Waals surface area contributed by atoms with E-state index in [0.717, 1.165) is 23.5 Å². The second-order valence-corrected chi connectivity index (χ2v) is 16.2. The van der Waals surface area contributed by atoms with Gasteiger partial charge in [0.15, 0.2) is 8.07 Å². The molecule has 0 atom stereocenters. The molecule has 0 N–H and O–H groups in total. The minimum absolute atomic E-state index is 1.11. The second kappa shape index (κ2) is 14.5. The van der Waals surface area contributed by atoms with Crippen molar-refractivity contribution in [3.8, 4) is 11.1 Å². The lowest BCUT2D eigenvalue weighted by Gasteiger charge is -2.35. The lowest BCUT2D eigenvalue weighted by atomic mass is 10.0. The SMILES string of the molecule is CCCCc1ccc(N(c2ccc(-c3ccccc3)cc2)c2ccc([Si](c3ccccc3)(c3ccccc3)c3ccccc3)cc2)cc1. The third kappa shape index (κ3) is 6.28. The average molecular weight is 636 g/mol. The second-order valence-electron chi connectivity index (χ2n) is 12.4. The molecule has 0 aliphatic carbocycles. The first-order valence-corrected chi connectivity index (χ1v) is 19.1. The topological polar surface area (TPSA) is 3.24 Å². The van der Waals surface area contributed by atoms with Gasteiger partial charge >= 0.3 is 0 Å². The molecule has 7 aromatic rings. The van der Waals surface area contributed by atoms with Crippen LogP contribution in [0.3, 0.4) is 0 Å². The molecule has 0 bridgehead atoms. The molecule has 0 aliphatic rings. The molecular formula is C46H41NSi. The Labute approximate surface area is 286 Å². The third-order valence-corrected chi connectivity index (χ3v) is 14.2. The highest BCUT2D eigenvalue weighted by molar-refractivity contribution is 7.19. The van der Waals surface area contributed by atoms with Crippen molar-refractivity contribution in [2.45, 2.75) is 26.2 Å². The summed E-state index contributed by atoms with van der Waals surface area (Å²) in [6.07, 6.45) is 3.53. The summed E-state index contributed by atoms with van der Waals surface area (Å²) in [5.74, 6) is 0. The molecule has 7 rings (SSSR count). The molecule has 0 aliphatic heterocycles. The Morgan fingerprint density at radius 2 is 0.729 bits per heavy atom. The predicted molar refractivity (Wildman–Crippen MR) is 209 cm³/mol. The average Bonchev–Trinajstić information content (AvgIpc) is 3.17. The Morgan fingerprint density at radius 3 is 1.17 bits per heavy atom. The Morgan fingerprint density at radius 1 is 0.375 bits per heavy atom. The molecule has 0 fully saturated rings. The maximum Gasteiger partial charge on any atom is 0.179 e. The van der Waals surface area contributed by atoms with Crippen molar-refractivity contribution in [2.24, 2.45) is 0 Å². The van der Waals surface area contributed by atoms with Crippen LogP contribution in [0.25, 0.3) is 11.1 Å². The molecule has 7 aromatic carbocycles. The summed E-state index contributed by atoms with van der Waals surface area (Å²) in [5, 5.41) is 5.51. The quantitative estimate of drug-likeness (QED) is 0.101. The van der Waals surface area contributed by atoms with E-state index < -0.39 is 8.07 Å². The molecule has 0 aromatic heterocycles. The molecule has 0 radical (unpaired) electrons. The molecule has 0 unspecified atom stereocenters. The molecule has 48 heavy (non-hydrogen) atoms. The molecule has 1 nitrogen and oxygen atoms in total. The van der Waals surface area contributed by atoms with E-state index in [1.165, 1.54) is 50.3 Å². The summed E-state index contributed by atoms with van der Waals surface area (Å²) in [4.78, 5) is 2.39. The zero-order chi connectivity index (χ0) is 32.6. The van der Waals surface area contributed by atoms with Crippen molar-refractivity contribution < 1.29 is 0 Å². The zero-order valence-electron chi connectivity index (χ0n) is 27.5. The van der Waals surface area contributed by atoms with Crippen LogP contribution < -0.4 is 25.6 Å². The fourth-order valence-electron chi connectivity index (χ4n) is 7.00. The van der Waals surface area contributed by atoms with Crippen molar-refractivity contribution in [3.63, 3.8) is 0 Å².